The van der Waals surface area contributed by atoms with Crippen molar-refractivity contribution >= 4 is 11.9 Å². The molecule has 0 unspecified atom stereocenters. The first-order chi connectivity index (χ1) is 14.0. The van der Waals surface area contributed by atoms with Crippen LogP contribution in [0.1, 0.15) is 44.7 Å². The van der Waals surface area contributed by atoms with E-state index < -0.39 is 17.9 Å². The maximum absolute atomic E-state index is 14.7. The van der Waals surface area contributed by atoms with Crippen LogP contribution in [0.5, 0.6) is 0 Å². The Morgan fingerprint density at radius 1 is 0.862 bits per heavy atom. The summed E-state index contributed by atoms with van der Waals surface area (Å²) in [5, 5.41) is 0. The molecule has 156 valence electrons. The molecule has 0 radical (unpaired) electrons. The summed E-state index contributed by atoms with van der Waals surface area (Å²) in [5.74, 6) is -2.52. The largest absolute Gasteiger partial charge is 0.465 e. The molecule has 0 aliphatic heterocycles. The maximum Gasteiger partial charge on any atom is 0.320 e. The first-order valence-corrected chi connectivity index (χ1v) is 10.2. The molecule has 2 aromatic carbocycles. The molecule has 0 atom stereocenters. The lowest BCUT2D eigenvalue weighted by Crippen LogP contribution is -2.28. The zero-order valence-corrected chi connectivity index (χ0v) is 17.4. The molecule has 4 nitrogen and oxygen atoms in total. The lowest BCUT2D eigenvalue weighted by molar-refractivity contribution is -0.161. The fourth-order valence-corrected chi connectivity index (χ4v) is 3.22. The Morgan fingerprint density at radius 2 is 1.45 bits per heavy atom. The number of hydrogen-bond donors (Lipinski definition) is 0. The minimum Gasteiger partial charge on any atom is -0.465 e. The first-order valence-electron chi connectivity index (χ1n) is 10.2. The third-order valence-electron chi connectivity index (χ3n) is 4.70. The molecule has 0 fully saturated rings. The van der Waals surface area contributed by atoms with Gasteiger partial charge in [0.15, 0.2) is 5.92 Å². The van der Waals surface area contributed by atoms with E-state index in [1.165, 1.54) is 11.6 Å². The van der Waals surface area contributed by atoms with Gasteiger partial charge in [-0.1, -0.05) is 49.7 Å². The monoisotopic (exact) mass is 400 g/mol. The van der Waals surface area contributed by atoms with E-state index in [4.69, 9.17) is 9.47 Å². The SMILES string of the molecule is CCCc1ccc(-c2ccc(CCC(C(=O)OCC)C(=O)OCC)cc2F)cc1. The van der Waals surface area contributed by atoms with Crippen molar-refractivity contribution in [2.75, 3.05) is 13.2 Å². The summed E-state index contributed by atoms with van der Waals surface area (Å²) >= 11 is 0. The summed E-state index contributed by atoms with van der Waals surface area (Å²) in [6, 6.07) is 12.9. The van der Waals surface area contributed by atoms with Gasteiger partial charge in [-0.3, -0.25) is 9.59 Å². The van der Waals surface area contributed by atoms with E-state index in [9.17, 15) is 14.0 Å². The van der Waals surface area contributed by atoms with E-state index in [0.717, 1.165) is 18.4 Å². The van der Waals surface area contributed by atoms with Gasteiger partial charge in [0.1, 0.15) is 5.82 Å². The van der Waals surface area contributed by atoms with E-state index in [2.05, 4.69) is 6.92 Å². The third-order valence-corrected chi connectivity index (χ3v) is 4.70. The molecule has 0 saturated heterocycles. The highest BCUT2D eigenvalue weighted by molar-refractivity contribution is 5.94. The number of rotatable bonds is 10. The average molecular weight is 400 g/mol. The third kappa shape index (κ3) is 6.41. The number of esters is 2. The van der Waals surface area contributed by atoms with Crippen LogP contribution in [0.4, 0.5) is 4.39 Å². The molecule has 0 heterocycles. The Bertz CT molecular complexity index is 796. The topological polar surface area (TPSA) is 52.6 Å². The number of carbonyl (C=O) groups is 2. The summed E-state index contributed by atoms with van der Waals surface area (Å²) in [5.41, 5.74) is 3.30. The number of hydrogen-bond acceptors (Lipinski definition) is 4. The summed E-state index contributed by atoms with van der Waals surface area (Å²) in [6.45, 7) is 5.87. The lowest BCUT2D eigenvalue weighted by Gasteiger charge is -2.14. The van der Waals surface area contributed by atoms with Gasteiger partial charge in [0.2, 0.25) is 0 Å². The van der Waals surface area contributed by atoms with Crippen LogP contribution in [0.25, 0.3) is 11.1 Å². The molecule has 2 rings (SSSR count). The van der Waals surface area contributed by atoms with E-state index in [1.54, 1.807) is 19.9 Å². The second kappa shape index (κ2) is 11.3. The second-order valence-corrected chi connectivity index (χ2v) is 6.86. The Labute approximate surface area is 172 Å². The summed E-state index contributed by atoms with van der Waals surface area (Å²) in [7, 11) is 0. The fraction of sp³-hybridized carbons (Fsp3) is 0.417. The first kappa shape index (κ1) is 22.6. The molecule has 0 amide bonds. The minimum absolute atomic E-state index is 0.190. The van der Waals surface area contributed by atoms with Crippen LogP contribution >= 0.6 is 0 Å². The van der Waals surface area contributed by atoms with Gasteiger partial charge in [0, 0.05) is 5.56 Å². The zero-order chi connectivity index (χ0) is 21.2. The van der Waals surface area contributed by atoms with E-state index in [-0.39, 0.29) is 25.5 Å². The molecule has 0 saturated carbocycles. The van der Waals surface area contributed by atoms with Crippen molar-refractivity contribution in [2.24, 2.45) is 5.92 Å². The highest BCUT2D eigenvalue weighted by Gasteiger charge is 2.29. The maximum atomic E-state index is 14.7. The smallest absolute Gasteiger partial charge is 0.320 e. The van der Waals surface area contributed by atoms with Crippen LogP contribution in [0.2, 0.25) is 0 Å². The molecular formula is C24H29FO4. The number of ether oxygens (including phenoxy) is 2. The van der Waals surface area contributed by atoms with Crippen molar-refractivity contribution in [1.29, 1.82) is 0 Å². The van der Waals surface area contributed by atoms with Crippen molar-refractivity contribution in [1.82, 2.24) is 0 Å². The fourth-order valence-electron chi connectivity index (χ4n) is 3.22. The van der Waals surface area contributed by atoms with Crippen molar-refractivity contribution in [2.45, 2.75) is 46.5 Å². The van der Waals surface area contributed by atoms with Crippen molar-refractivity contribution < 1.29 is 23.5 Å². The van der Waals surface area contributed by atoms with Gasteiger partial charge in [0.25, 0.3) is 0 Å². The molecule has 0 spiro atoms. The predicted molar refractivity (Wildman–Crippen MR) is 111 cm³/mol. The average Bonchev–Trinajstić information content (AvgIpc) is 2.70. The van der Waals surface area contributed by atoms with Crippen molar-refractivity contribution in [3.8, 4) is 11.1 Å². The van der Waals surface area contributed by atoms with Crippen molar-refractivity contribution in [3.05, 3.63) is 59.4 Å². The van der Waals surface area contributed by atoms with Crippen LogP contribution < -0.4 is 0 Å². The zero-order valence-electron chi connectivity index (χ0n) is 17.4. The molecule has 0 aliphatic carbocycles. The molecular weight excluding hydrogens is 371 g/mol. The van der Waals surface area contributed by atoms with Gasteiger partial charge in [0.05, 0.1) is 13.2 Å². The van der Waals surface area contributed by atoms with E-state index in [1.807, 2.05) is 30.3 Å². The van der Waals surface area contributed by atoms with Crippen LogP contribution in [-0.2, 0) is 31.9 Å². The van der Waals surface area contributed by atoms with Crippen LogP contribution in [0.15, 0.2) is 42.5 Å². The lowest BCUT2D eigenvalue weighted by atomic mass is 9.96. The van der Waals surface area contributed by atoms with Gasteiger partial charge < -0.3 is 9.47 Å². The van der Waals surface area contributed by atoms with Gasteiger partial charge in [-0.2, -0.15) is 0 Å². The minimum atomic E-state index is -0.997. The predicted octanol–water partition coefficient (Wildman–Crippen LogP) is 5.12. The number of carbonyl (C=O) groups excluding carboxylic acids is 2. The van der Waals surface area contributed by atoms with Crippen LogP contribution in [0.3, 0.4) is 0 Å². The van der Waals surface area contributed by atoms with Gasteiger partial charge in [-0.05, 0) is 55.9 Å². The van der Waals surface area contributed by atoms with Gasteiger partial charge >= 0.3 is 11.9 Å². The van der Waals surface area contributed by atoms with Crippen LogP contribution in [-0.4, -0.2) is 25.2 Å². The molecule has 0 aliphatic rings. The quantitative estimate of drug-likeness (QED) is 0.410. The van der Waals surface area contributed by atoms with Crippen molar-refractivity contribution in [3.63, 3.8) is 0 Å². The number of halogens is 1. The Morgan fingerprint density at radius 3 is 1.97 bits per heavy atom. The second-order valence-electron chi connectivity index (χ2n) is 6.86. The molecule has 5 heteroatoms. The molecule has 0 aromatic heterocycles. The van der Waals surface area contributed by atoms with E-state index in [0.29, 0.717) is 17.5 Å². The molecule has 29 heavy (non-hydrogen) atoms. The summed E-state index contributed by atoms with van der Waals surface area (Å²) in [6.07, 6.45) is 2.65. The van der Waals surface area contributed by atoms with E-state index >= 15 is 0 Å². The van der Waals surface area contributed by atoms with Crippen LogP contribution in [0, 0.1) is 11.7 Å². The molecule has 0 bridgehead atoms. The Kier molecular flexibility index (Phi) is 8.84. The van der Waals surface area contributed by atoms with Gasteiger partial charge in [-0.25, -0.2) is 4.39 Å². The Hall–Kier alpha value is -2.69. The molecule has 0 N–H and O–H groups in total. The molecule has 2 aromatic rings. The van der Waals surface area contributed by atoms with Gasteiger partial charge in [-0.15, -0.1) is 0 Å². The standard InChI is InChI=1S/C24H29FO4/c1-4-7-17-8-12-19(13-9-17)20-14-10-18(16-22(20)25)11-15-21(23(26)28-5-2)24(27)29-6-3/h8-10,12-14,16,21H,4-7,11,15H2,1-3H3. The number of aryl methyl sites for hydroxylation is 2. The highest BCUT2D eigenvalue weighted by Crippen LogP contribution is 2.25. The summed E-state index contributed by atoms with van der Waals surface area (Å²) < 4.78 is 24.6. The number of benzene rings is 2. The summed E-state index contributed by atoms with van der Waals surface area (Å²) in [4.78, 5) is 24.1. The highest BCUT2D eigenvalue weighted by atomic mass is 19.1. The normalized spacial score (nSPS) is 10.8. The Balaban J connectivity index is 2.10.